The number of piperazine rings is 1. The van der Waals surface area contributed by atoms with Crippen molar-refractivity contribution in [1.82, 2.24) is 4.90 Å². The molecule has 2 N–H and O–H groups in total. The summed E-state index contributed by atoms with van der Waals surface area (Å²) >= 11 is 0. The third kappa shape index (κ3) is 3.06. The average Bonchev–Trinajstić information content (AvgIpc) is 2.97. The molecule has 7 nitrogen and oxygen atoms in total. The number of primary amides is 1. The van der Waals surface area contributed by atoms with Crippen molar-refractivity contribution in [2.45, 2.75) is 13.3 Å². The lowest BCUT2D eigenvalue weighted by molar-refractivity contribution is -0.129. The lowest BCUT2D eigenvalue weighted by atomic mass is 10.1. The second-order valence-electron chi connectivity index (χ2n) is 6.29. The van der Waals surface area contributed by atoms with Crippen LogP contribution in [0.1, 0.15) is 13.3 Å². The summed E-state index contributed by atoms with van der Waals surface area (Å²) in [6.07, 6.45) is 0.168. The number of rotatable bonds is 3. The van der Waals surface area contributed by atoms with Gasteiger partial charge in [-0.15, -0.1) is 0 Å². The Balaban J connectivity index is 1.81. The van der Waals surface area contributed by atoms with E-state index in [2.05, 4.69) is 4.90 Å². The van der Waals surface area contributed by atoms with Gasteiger partial charge in [0.2, 0.25) is 17.7 Å². The molecule has 1 atom stereocenters. The van der Waals surface area contributed by atoms with Gasteiger partial charge in [0.1, 0.15) is 0 Å². The molecule has 0 aromatic heterocycles. The van der Waals surface area contributed by atoms with Crippen molar-refractivity contribution in [1.29, 1.82) is 0 Å². The molecule has 0 saturated carbocycles. The third-order valence-corrected chi connectivity index (χ3v) is 4.77. The maximum Gasteiger partial charge on any atom is 0.227 e. The predicted molar refractivity (Wildman–Crippen MR) is 90.6 cm³/mol. The van der Waals surface area contributed by atoms with Gasteiger partial charge in [0.05, 0.1) is 17.3 Å². The average molecular weight is 330 g/mol. The van der Waals surface area contributed by atoms with Crippen LogP contribution in [0.5, 0.6) is 0 Å². The Labute approximate surface area is 141 Å². The number of hydrogen-bond donors (Lipinski definition) is 1. The van der Waals surface area contributed by atoms with Crippen LogP contribution in [0.4, 0.5) is 11.4 Å². The molecule has 3 amide bonds. The minimum Gasteiger partial charge on any atom is -0.369 e. The van der Waals surface area contributed by atoms with E-state index in [9.17, 15) is 14.4 Å². The van der Waals surface area contributed by atoms with Crippen LogP contribution >= 0.6 is 0 Å². The molecule has 2 aliphatic heterocycles. The van der Waals surface area contributed by atoms with E-state index in [1.165, 1.54) is 0 Å². The molecule has 2 saturated heterocycles. The monoisotopic (exact) mass is 330 g/mol. The Morgan fingerprint density at radius 3 is 2.25 bits per heavy atom. The lowest BCUT2D eigenvalue weighted by Crippen LogP contribution is -2.48. The lowest BCUT2D eigenvalue weighted by Gasteiger charge is -2.37. The summed E-state index contributed by atoms with van der Waals surface area (Å²) in [6, 6.07) is 7.69. The summed E-state index contributed by atoms with van der Waals surface area (Å²) in [5.41, 5.74) is 7.12. The molecule has 0 aliphatic carbocycles. The van der Waals surface area contributed by atoms with Crippen molar-refractivity contribution in [2.75, 3.05) is 42.5 Å². The van der Waals surface area contributed by atoms with Gasteiger partial charge in [-0.25, -0.2) is 0 Å². The highest BCUT2D eigenvalue weighted by atomic mass is 16.2. The largest absolute Gasteiger partial charge is 0.369 e. The molecule has 2 heterocycles. The van der Waals surface area contributed by atoms with Gasteiger partial charge in [-0.3, -0.25) is 14.4 Å². The summed E-state index contributed by atoms with van der Waals surface area (Å²) in [5, 5.41) is 0. The molecule has 3 rings (SSSR count). The summed E-state index contributed by atoms with van der Waals surface area (Å²) in [5.74, 6) is -0.853. The molecular formula is C17H22N4O3. The minimum atomic E-state index is -0.432. The number of anilines is 2. The third-order valence-electron chi connectivity index (χ3n) is 4.77. The predicted octanol–water partition coefficient (Wildman–Crippen LogP) is 0.193. The maximum atomic E-state index is 12.3. The first-order chi connectivity index (χ1) is 11.5. The second kappa shape index (κ2) is 6.51. The maximum absolute atomic E-state index is 12.3. The first kappa shape index (κ1) is 16.3. The van der Waals surface area contributed by atoms with E-state index in [0.29, 0.717) is 19.6 Å². The number of carbonyl (C=O) groups excluding carboxylic acids is 3. The summed E-state index contributed by atoms with van der Waals surface area (Å²) in [6.45, 7) is 4.69. The smallest absolute Gasteiger partial charge is 0.227 e. The minimum absolute atomic E-state index is 0.0754. The molecule has 1 aromatic carbocycles. The molecule has 0 spiro atoms. The first-order valence-corrected chi connectivity index (χ1v) is 8.16. The fourth-order valence-electron chi connectivity index (χ4n) is 3.35. The Bertz CT molecular complexity index is 668. The van der Waals surface area contributed by atoms with Gasteiger partial charge in [-0.1, -0.05) is 12.1 Å². The van der Waals surface area contributed by atoms with Gasteiger partial charge < -0.3 is 20.4 Å². The van der Waals surface area contributed by atoms with E-state index in [-0.39, 0.29) is 18.2 Å². The van der Waals surface area contributed by atoms with Gasteiger partial charge in [0.25, 0.3) is 0 Å². The van der Waals surface area contributed by atoms with Crippen LogP contribution in [0, 0.1) is 5.92 Å². The van der Waals surface area contributed by atoms with Gasteiger partial charge in [-0.05, 0) is 12.1 Å². The Morgan fingerprint density at radius 1 is 1.08 bits per heavy atom. The highest BCUT2D eigenvalue weighted by Gasteiger charge is 2.35. The van der Waals surface area contributed by atoms with E-state index in [0.717, 1.165) is 24.5 Å². The van der Waals surface area contributed by atoms with Crippen molar-refractivity contribution >= 4 is 29.1 Å². The summed E-state index contributed by atoms with van der Waals surface area (Å²) in [7, 11) is 0. The van der Waals surface area contributed by atoms with Crippen LogP contribution in [-0.2, 0) is 14.4 Å². The van der Waals surface area contributed by atoms with E-state index in [4.69, 9.17) is 5.73 Å². The molecule has 2 aliphatic rings. The van der Waals surface area contributed by atoms with Crippen molar-refractivity contribution in [3.63, 3.8) is 0 Å². The summed E-state index contributed by atoms with van der Waals surface area (Å²) in [4.78, 5) is 40.8. The fourth-order valence-corrected chi connectivity index (χ4v) is 3.35. The van der Waals surface area contributed by atoms with Gasteiger partial charge in [0, 0.05) is 46.1 Å². The number of hydrogen-bond acceptors (Lipinski definition) is 4. The zero-order valence-electron chi connectivity index (χ0n) is 13.8. The number of carbonyl (C=O) groups is 3. The van der Waals surface area contributed by atoms with Crippen molar-refractivity contribution < 1.29 is 14.4 Å². The Kier molecular flexibility index (Phi) is 4.42. The van der Waals surface area contributed by atoms with Crippen LogP contribution in [0.3, 0.4) is 0 Å². The number of amides is 3. The van der Waals surface area contributed by atoms with Crippen LogP contribution < -0.4 is 15.5 Å². The van der Waals surface area contributed by atoms with E-state index >= 15 is 0 Å². The molecule has 24 heavy (non-hydrogen) atoms. The molecular weight excluding hydrogens is 308 g/mol. The van der Waals surface area contributed by atoms with Gasteiger partial charge in [-0.2, -0.15) is 0 Å². The number of nitrogens with two attached hydrogens (primary N) is 1. The van der Waals surface area contributed by atoms with Crippen molar-refractivity contribution in [3.05, 3.63) is 24.3 Å². The van der Waals surface area contributed by atoms with Crippen molar-refractivity contribution in [2.24, 2.45) is 11.7 Å². The normalized spacial score (nSPS) is 21.3. The van der Waals surface area contributed by atoms with Gasteiger partial charge >= 0.3 is 0 Å². The molecule has 128 valence electrons. The molecule has 0 bridgehead atoms. The zero-order valence-corrected chi connectivity index (χ0v) is 13.8. The quantitative estimate of drug-likeness (QED) is 0.857. The van der Waals surface area contributed by atoms with Crippen LogP contribution in [0.25, 0.3) is 0 Å². The highest BCUT2D eigenvalue weighted by molar-refractivity contribution is 6.02. The van der Waals surface area contributed by atoms with E-state index < -0.39 is 11.8 Å². The summed E-state index contributed by atoms with van der Waals surface area (Å²) < 4.78 is 0. The van der Waals surface area contributed by atoms with Crippen molar-refractivity contribution in [3.8, 4) is 0 Å². The fraction of sp³-hybridized carbons (Fsp3) is 0.471. The molecule has 1 aromatic rings. The zero-order chi connectivity index (χ0) is 17.3. The Hall–Kier alpha value is -2.57. The van der Waals surface area contributed by atoms with Crippen LogP contribution in [0.15, 0.2) is 24.3 Å². The Morgan fingerprint density at radius 2 is 1.71 bits per heavy atom. The number of nitrogens with zero attached hydrogens (tertiary/aromatic N) is 3. The SMILES string of the molecule is CC(=O)N1CCN(c2ccccc2N2C[C@H](C(N)=O)CC2=O)CC1. The molecule has 0 radical (unpaired) electrons. The van der Waals surface area contributed by atoms with E-state index in [1.54, 1.807) is 11.8 Å². The molecule has 0 unspecified atom stereocenters. The second-order valence-corrected chi connectivity index (χ2v) is 6.29. The number of benzene rings is 1. The topological polar surface area (TPSA) is 86.9 Å². The highest BCUT2D eigenvalue weighted by Crippen LogP contribution is 2.34. The van der Waals surface area contributed by atoms with Crippen LogP contribution in [-0.4, -0.2) is 55.3 Å². The molecule has 7 heteroatoms. The van der Waals surface area contributed by atoms with Gasteiger partial charge in [0.15, 0.2) is 0 Å². The van der Waals surface area contributed by atoms with Crippen LogP contribution in [0.2, 0.25) is 0 Å². The standard InChI is InChI=1S/C17H22N4O3/c1-12(22)19-6-8-20(9-7-19)14-4-2-3-5-15(14)21-11-13(17(18)24)10-16(21)23/h2-5,13H,6-11H2,1H3,(H2,18,24)/t13-/m1/s1. The molecule has 2 fully saturated rings. The van der Waals surface area contributed by atoms with E-state index in [1.807, 2.05) is 29.2 Å². The first-order valence-electron chi connectivity index (χ1n) is 8.16. The number of para-hydroxylation sites is 2.